The zero-order valence-electron chi connectivity index (χ0n) is 11.2. The summed E-state index contributed by atoms with van der Waals surface area (Å²) in [5.41, 5.74) is 0. The fourth-order valence-corrected chi connectivity index (χ4v) is 3.07. The largest absolute Gasteiger partial charge is 0.447 e. The van der Waals surface area contributed by atoms with E-state index in [0.29, 0.717) is 16.6 Å². The van der Waals surface area contributed by atoms with Crippen LogP contribution < -0.4 is 5.32 Å². The van der Waals surface area contributed by atoms with Crippen LogP contribution in [0.15, 0.2) is 21.6 Å². The highest BCUT2D eigenvalue weighted by atomic mass is 32.2. The molecule has 0 unspecified atom stereocenters. The Morgan fingerprint density at radius 3 is 2.50 bits per heavy atom. The summed E-state index contributed by atoms with van der Waals surface area (Å²) in [5.74, 6) is 0.342. The van der Waals surface area contributed by atoms with Crippen LogP contribution >= 0.6 is 0 Å². The smallest absolute Gasteiger partial charge is 0.402 e. The van der Waals surface area contributed by atoms with Crippen molar-refractivity contribution < 1.29 is 26.0 Å². The maximum Gasteiger partial charge on any atom is 0.402 e. The lowest BCUT2D eigenvalue weighted by Crippen LogP contribution is -2.39. The lowest BCUT2D eigenvalue weighted by Gasteiger charge is -2.21. The van der Waals surface area contributed by atoms with Gasteiger partial charge in [-0.15, -0.1) is 0 Å². The highest BCUT2D eigenvalue weighted by molar-refractivity contribution is 7.89. The number of hydrogen-bond acceptors (Lipinski definition) is 4. The van der Waals surface area contributed by atoms with E-state index < -0.39 is 27.8 Å². The van der Waals surface area contributed by atoms with Gasteiger partial charge in [-0.25, -0.2) is 8.42 Å². The first kappa shape index (κ1) is 17.0. The Morgan fingerprint density at radius 2 is 2.00 bits per heavy atom. The van der Waals surface area contributed by atoms with Crippen LogP contribution in [-0.4, -0.2) is 39.0 Å². The quantitative estimate of drug-likeness (QED) is 0.836. The Hall–Kier alpha value is -1.06. The van der Waals surface area contributed by atoms with E-state index in [1.165, 1.54) is 12.1 Å². The molecular weight excluding hydrogens is 297 g/mol. The van der Waals surface area contributed by atoms with Crippen molar-refractivity contribution in [2.24, 2.45) is 0 Å². The van der Waals surface area contributed by atoms with Crippen molar-refractivity contribution in [3.05, 3.63) is 17.9 Å². The van der Waals surface area contributed by atoms with E-state index in [9.17, 15) is 21.6 Å². The summed E-state index contributed by atoms with van der Waals surface area (Å²) in [6.45, 7) is 0.158. The summed E-state index contributed by atoms with van der Waals surface area (Å²) in [6, 6.07) is 2.59. The maximum absolute atomic E-state index is 12.5. The van der Waals surface area contributed by atoms with Crippen molar-refractivity contribution in [2.45, 2.75) is 31.2 Å². The van der Waals surface area contributed by atoms with Crippen LogP contribution in [0.5, 0.6) is 0 Å². The van der Waals surface area contributed by atoms with Crippen molar-refractivity contribution >= 4 is 10.0 Å². The predicted molar refractivity (Wildman–Crippen MR) is 66.6 cm³/mol. The molecule has 0 aliphatic heterocycles. The van der Waals surface area contributed by atoms with Crippen molar-refractivity contribution in [1.29, 1.82) is 0 Å². The van der Waals surface area contributed by atoms with Crippen LogP contribution in [0.25, 0.3) is 0 Å². The monoisotopic (exact) mass is 314 g/mol. The molecule has 116 valence electrons. The van der Waals surface area contributed by atoms with Gasteiger partial charge in [0.2, 0.25) is 5.09 Å². The Kier molecular flexibility index (Phi) is 5.60. The van der Waals surface area contributed by atoms with Gasteiger partial charge in [-0.05, 0) is 25.6 Å². The molecule has 9 heteroatoms. The van der Waals surface area contributed by atoms with Gasteiger partial charge in [-0.1, -0.05) is 6.92 Å². The van der Waals surface area contributed by atoms with Gasteiger partial charge in [0.05, 0.1) is 6.54 Å². The van der Waals surface area contributed by atoms with Gasteiger partial charge >= 0.3 is 6.18 Å². The van der Waals surface area contributed by atoms with E-state index in [-0.39, 0.29) is 13.0 Å². The van der Waals surface area contributed by atoms with Crippen molar-refractivity contribution in [1.82, 2.24) is 9.62 Å². The molecule has 0 radical (unpaired) electrons. The summed E-state index contributed by atoms with van der Waals surface area (Å²) in [5, 5.41) is 2.29. The maximum atomic E-state index is 12.5. The molecule has 1 N–H and O–H groups in total. The molecule has 0 spiro atoms. The van der Waals surface area contributed by atoms with Crippen molar-refractivity contribution in [2.75, 3.05) is 20.1 Å². The minimum Gasteiger partial charge on any atom is -0.447 e. The fourth-order valence-electron chi connectivity index (χ4n) is 1.63. The van der Waals surface area contributed by atoms with Crippen LogP contribution in [0.2, 0.25) is 0 Å². The van der Waals surface area contributed by atoms with Gasteiger partial charge in [0.15, 0.2) is 0 Å². The van der Waals surface area contributed by atoms with Gasteiger partial charge < -0.3 is 9.73 Å². The molecule has 5 nitrogen and oxygen atoms in total. The van der Waals surface area contributed by atoms with Gasteiger partial charge in [0.1, 0.15) is 12.3 Å². The second-order valence-electron chi connectivity index (χ2n) is 4.20. The van der Waals surface area contributed by atoms with E-state index in [4.69, 9.17) is 4.42 Å². The summed E-state index contributed by atoms with van der Waals surface area (Å²) in [4.78, 5) is 0. The molecule has 0 fully saturated rings. The van der Waals surface area contributed by atoms with Crippen LogP contribution in [0.4, 0.5) is 13.2 Å². The first-order valence-corrected chi connectivity index (χ1v) is 7.45. The zero-order valence-corrected chi connectivity index (χ0v) is 12.0. The minimum absolute atomic E-state index is 0.218. The van der Waals surface area contributed by atoms with E-state index >= 15 is 0 Å². The zero-order chi connectivity index (χ0) is 15.4. The van der Waals surface area contributed by atoms with Crippen LogP contribution in [0, 0.1) is 0 Å². The molecule has 1 aromatic rings. The van der Waals surface area contributed by atoms with Crippen molar-refractivity contribution in [3.8, 4) is 0 Å². The van der Waals surface area contributed by atoms with E-state index in [2.05, 4.69) is 5.32 Å². The first-order chi connectivity index (χ1) is 9.20. The first-order valence-electron chi connectivity index (χ1n) is 6.01. The summed E-state index contributed by atoms with van der Waals surface area (Å²) >= 11 is 0. The number of alkyl halides is 3. The molecule has 0 atom stereocenters. The standard InChI is InChI=1S/C11H17F3N2O3S/c1-3-6-16(8-11(12,13)14)20(17,18)10-5-4-9(19-10)7-15-2/h4-5,15H,3,6-8H2,1-2H3. The Bertz CT molecular complexity index is 525. The van der Waals surface area contributed by atoms with E-state index in [0.717, 1.165) is 0 Å². The lowest BCUT2D eigenvalue weighted by molar-refractivity contribution is -0.136. The molecule has 1 aromatic heterocycles. The molecule has 0 saturated heterocycles. The molecule has 1 rings (SSSR count). The topological polar surface area (TPSA) is 62.6 Å². The number of rotatable bonds is 7. The number of nitrogens with zero attached hydrogens (tertiary/aromatic N) is 1. The average molecular weight is 314 g/mol. The molecule has 0 saturated carbocycles. The Labute approximate surface area is 115 Å². The number of sulfonamides is 1. The normalized spacial score (nSPS) is 13.1. The number of nitrogens with one attached hydrogen (secondary N) is 1. The molecule has 0 bridgehead atoms. The van der Waals surface area contributed by atoms with Crippen LogP contribution in [-0.2, 0) is 16.6 Å². The fraction of sp³-hybridized carbons (Fsp3) is 0.636. The highest BCUT2D eigenvalue weighted by Crippen LogP contribution is 2.24. The predicted octanol–water partition coefficient (Wildman–Crippen LogP) is 1.96. The SMILES string of the molecule is CCCN(CC(F)(F)F)S(=O)(=O)c1ccc(CNC)o1. The third-order valence-corrected chi connectivity index (χ3v) is 4.13. The highest BCUT2D eigenvalue weighted by Gasteiger charge is 2.37. The molecule has 0 aromatic carbocycles. The third-order valence-electron chi connectivity index (χ3n) is 2.41. The summed E-state index contributed by atoms with van der Waals surface area (Å²) in [7, 11) is -2.63. The summed E-state index contributed by atoms with van der Waals surface area (Å²) < 4.78 is 67.1. The molecule has 1 heterocycles. The van der Waals surface area contributed by atoms with Crippen LogP contribution in [0.3, 0.4) is 0 Å². The molecule has 0 amide bonds. The second kappa shape index (κ2) is 6.59. The second-order valence-corrected chi connectivity index (χ2v) is 6.07. The number of furan rings is 1. The number of hydrogen-bond donors (Lipinski definition) is 1. The molecular formula is C11H17F3N2O3S. The van der Waals surface area contributed by atoms with Crippen LogP contribution in [0.1, 0.15) is 19.1 Å². The summed E-state index contributed by atoms with van der Waals surface area (Å²) in [6.07, 6.45) is -4.32. The van der Waals surface area contributed by atoms with E-state index in [1.807, 2.05) is 0 Å². The molecule has 20 heavy (non-hydrogen) atoms. The number of halogens is 3. The average Bonchev–Trinajstić information content (AvgIpc) is 2.76. The van der Waals surface area contributed by atoms with Crippen molar-refractivity contribution in [3.63, 3.8) is 0 Å². The van der Waals surface area contributed by atoms with Gasteiger partial charge in [-0.2, -0.15) is 17.5 Å². The lowest BCUT2D eigenvalue weighted by atomic mass is 10.4. The van der Waals surface area contributed by atoms with Gasteiger partial charge in [0, 0.05) is 6.54 Å². The van der Waals surface area contributed by atoms with Gasteiger partial charge in [0.25, 0.3) is 10.0 Å². The Balaban J connectivity index is 3.02. The minimum atomic E-state index is -4.59. The van der Waals surface area contributed by atoms with E-state index in [1.54, 1.807) is 14.0 Å². The van der Waals surface area contributed by atoms with Gasteiger partial charge in [-0.3, -0.25) is 0 Å². The Morgan fingerprint density at radius 1 is 1.35 bits per heavy atom. The molecule has 0 aliphatic carbocycles. The molecule has 0 aliphatic rings. The third kappa shape index (κ3) is 4.50.